The van der Waals surface area contributed by atoms with E-state index in [1.807, 2.05) is 6.92 Å². The lowest BCUT2D eigenvalue weighted by Crippen LogP contribution is -2.32. The molecular formula is C13H21N3O3S. The van der Waals surface area contributed by atoms with Crippen LogP contribution in [0.2, 0.25) is 0 Å². The lowest BCUT2D eigenvalue weighted by Gasteiger charge is -2.23. The maximum Gasteiger partial charge on any atom is 0.248 e. The summed E-state index contributed by atoms with van der Waals surface area (Å²) in [7, 11) is 1.77. The lowest BCUT2D eigenvalue weighted by molar-refractivity contribution is -0.137. The standard InChI is InChI=1S/C13H21N3O3S/c1-10-12(20-15-14-10)7-16(2)13(17)9-18-8-11-5-3-4-6-19-11/h11H,3-9H2,1-2H3/t11-/m1/s1. The SMILES string of the molecule is Cc1nnsc1CN(C)C(=O)COC[C@H]1CCCCO1. The van der Waals surface area contributed by atoms with Gasteiger partial charge in [-0.25, -0.2) is 0 Å². The Morgan fingerprint density at radius 3 is 3.05 bits per heavy atom. The molecule has 7 heteroatoms. The summed E-state index contributed by atoms with van der Waals surface area (Å²) in [6.07, 6.45) is 3.48. The van der Waals surface area contributed by atoms with E-state index in [-0.39, 0.29) is 18.6 Å². The van der Waals surface area contributed by atoms with Gasteiger partial charge in [0.1, 0.15) is 6.61 Å². The first-order valence-electron chi connectivity index (χ1n) is 6.88. The minimum atomic E-state index is -0.0337. The van der Waals surface area contributed by atoms with Gasteiger partial charge in [0, 0.05) is 13.7 Å². The molecule has 1 aliphatic heterocycles. The van der Waals surface area contributed by atoms with Crippen molar-refractivity contribution < 1.29 is 14.3 Å². The zero-order valence-corrected chi connectivity index (χ0v) is 12.8. The molecule has 112 valence electrons. The summed E-state index contributed by atoms with van der Waals surface area (Å²) in [5.41, 5.74) is 0.881. The van der Waals surface area contributed by atoms with Crippen LogP contribution in [-0.4, -0.2) is 53.4 Å². The lowest BCUT2D eigenvalue weighted by atomic mass is 10.1. The molecule has 0 aromatic carbocycles. The Morgan fingerprint density at radius 1 is 1.55 bits per heavy atom. The Labute approximate surface area is 123 Å². The van der Waals surface area contributed by atoms with Crippen molar-refractivity contribution in [3.8, 4) is 0 Å². The minimum Gasteiger partial charge on any atom is -0.376 e. The third-order valence-electron chi connectivity index (χ3n) is 3.36. The van der Waals surface area contributed by atoms with Gasteiger partial charge in [-0.15, -0.1) is 5.10 Å². The average molecular weight is 299 g/mol. The zero-order valence-electron chi connectivity index (χ0n) is 12.0. The molecule has 0 bridgehead atoms. The second-order valence-electron chi connectivity index (χ2n) is 5.04. The van der Waals surface area contributed by atoms with Gasteiger partial charge in [-0.05, 0) is 37.7 Å². The van der Waals surface area contributed by atoms with Crippen molar-refractivity contribution in [1.82, 2.24) is 14.5 Å². The van der Waals surface area contributed by atoms with Crippen LogP contribution < -0.4 is 0 Å². The Kier molecular flexibility index (Phi) is 5.87. The molecule has 1 saturated heterocycles. The number of hydrogen-bond acceptors (Lipinski definition) is 6. The molecule has 1 atom stereocenters. The molecule has 6 nitrogen and oxygen atoms in total. The van der Waals surface area contributed by atoms with Gasteiger partial charge >= 0.3 is 0 Å². The van der Waals surface area contributed by atoms with Crippen LogP contribution in [0.25, 0.3) is 0 Å². The first kappa shape index (κ1) is 15.3. The van der Waals surface area contributed by atoms with E-state index < -0.39 is 0 Å². The van der Waals surface area contributed by atoms with Crippen LogP contribution >= 0.6 is 11.5 Å². The maximum atomic E-state index is 11.9. The topological polar surface area (TPSA) is 64.6 Å². The van der Waals surface area contributed by atoms with Crippen molar-refractivity contribution >= 4 is 17.4 Å². The highest BCUT2D eigenvalue weighted by atomic mass is 32.1. The molecule has 1 aliphatic rings. The van der Waals surface area contributed by atoms with Gasteiger partial charge in [0.25, 0.3) is 0 Å². The maximum absolute atomic E-state index is 11.9. The summed E-state index contributed by atoms with van der Waals surface area (Å²) < 4.78 is 14.9. The minimum absolute atomic E-state index is 0.0337. The summed E-state index contributed by atoms with van der Waals surface area (Å²) >= 11 is 1.33. The molecule has 1 fully saturated rings. The zero-order chi connectivity index (χ0) is 14.4. The van der Waals surface area contributed by atoms with Crippen molar-refractivity contribution in [2.24, 2.45) is 0 Å². The first-order chi connectivity index (χ1) is 9.66. The third kappa shape index (κ3) is 4.50. The van der Waals surface area contributed by atoms with Crippen LogP contribution in [0.15, 0.2) is 0 Å². The molecule has 0 unspecified atom stereocenters. The average Bonchev–Trinajstić information content (AvgIpc) is 2.85. The van der Waals surface area contributed by atoms with E-state index in [1.54, 1.807) is 11.9 Å². The number of aromatic nitrogens is 2. The van der Waals surface area contributed by atoms with Crippen LogP contribution in [0.4, 0.5) is 0 Å². The van der Waals surface area contributed by atoms with Crippen molar-refractivity contribution in [3.63, 3.8) is 0 Å². The van der Waals surface area contributed by atoms with Crippen LogP contribution in [0.5, 0.6) is 0 Å². The summed E-state index contributed by atoms with van der Waals surface area (Å²) in [6, 6.07) is 0. The van der Waals surface area contributed by atoms with Crippen LogP contribution in [0.3, 0.4) is 0 Å². The number of hydrogen-bond donors (Lipinski definition) is 0. The fraction of sp³-hybridized carbons (Fsp3) is 0.769. The Hall–Kier alpha value is -1.05. The molecule has 0 aliphatic carbocycles. The second kappa shape index (κ2) is 7.66. The van der Waals surface area contributed by atoms with E-state index in [0.717, 1.165) is 30.0 Å². The second-order valence-corrected chi connectivity index (χ2v) is 5.87. The van der Waals surface area contributed by atoms with Crippen LogP contribution in [0, 0.1) is 6.92 Å². The molecule has 0 saturated carbocycles. The van der Waals surface area contributed by atoms with E-state index >= 15 is 0 Å². The fourth-order valence-electron chi connectivity index (χ4n) is 2.03. The van der Waals surface area contributed by atoms with E-state index in [0.29, 0.717) is 13.2 Å². The van der Waals surface area contributed by atoms with Gasteiger partial charge < -0.3 is 14.4 Å². The van der Waals surface area contributed by atoms with E-state index in [9.17, 15) is 4.79 Å². The summed E-state index contributed by atoms with van der Waals surface area (Å²) in [4.78, 5) is 14.6. The monoisotopic (exact) mass is 299 g/mol. The van der Waals surface area contributed by atoms with E-state index in [4.69, 9.17) is 9.47 Å². The predicted molar refractivity (Wildman–Crippen MR) is 75.5 cm³/mol. The first-order valence-corrected chi connectivity index (χ1v) is 7.65. The number of rotatable bonds is 6. The highest BCUT2D eigenvalue weighted by molar-refractivity contribution is 7.05. The molecule has 0 spiro atoms. The smallest absolute Gasteiger partial charge is 0.248 e. The molecule has 2 heterocycles. The normalized spacial score (nSPS) is 19.0. The van der Waals surface area contributed by atoms with Crippen LogP contribution in [-0.2, 0) is 20.8 Å². The highest BCUT2D eigenvalue weighted by Crippen LogP contribution is 2.13. The van der Waals surface area contributed by atoms with Gasteiger partial charge in [0.05, 0.1) is 29.8 Å². The van der Waals surface area contributed by atoms with Gasteiger partial charge in [-0.1, -0.05) is 4.49 Å². The van der Waals surface area contributed by atoms with Gasteiger partial charge in [-0.3, -0.25) is 4.79 Å². The number of amides is 1. The number of nitrogens with zero attached hydrogens (tertiary/aromatic N) is 3. The molecule has 1 aromatic heterocycles. The highest BCUT2D eigenvalue weighted by Gasteiger charge is 2.16. The van der Waals surface area contributed by atoms with Crippen LogP contribution in [0.1, 0.15) is 29.8 Å². The molecule has 1 amide bonds. The van der Waals surface area contributed by atoms with Gasteiger partial charge in [-0.2, -0.15) is 0 Å². The van der Waals surface area contributed by atoms with Crippen molar-refractivity contribution in [1.29, 1.82) is 0 Å². The van der Waals surface area contributed by atoms with Crippen molar-refractivity contribution in [2.45, 2.75) is 38.8 Å². The van der Waals surface area contributed by atoms with Crippen molar-refractivity contribution in [2.75, 3.05) is 26.9 Å². The molecule has 2 rings (SSSR count). The Bertz CT molecular complexity index is 432. The summed E-state index contributed by atoms with van der Waals surface area (Å²) in [5.74, 6) is -0.0337. The number of carbonyl (C=O) groups excluding carboxylic acids is 1. The van der Waals surface area contributed by atoms with E-state index in [2.05, 4.69) is 9.59 Å². The van der Waals surface area contributed by atoms with E-state index in [1.165, 1.54) is 18.0 Å². The molecular weight excluding hydrogens is 278 g/mol. The number of aryl methyl sites for hydroxylation is 1. The summed E-state index contributed by atoms with van der Waals surface area (Å²) in [6.45, 7) is 3.83. The molecule has 1 aromatic rings. The third-order valence-corrected chi connectivity index (χ3v) is 4.16. The Balaban J connectivity index is 1.67. The quantitative estimate of drug-likeness (QED) is 0.794. The predicted octanol–water partition coefficient (Wildman–Crippen LogP) is 1.39. The Morgan fingerprint density at radius 2 is 2.40 bits per heavy atom. The largest absolute Gasteiger partial charge is 0.376 e. The van der Waals surface area contributed by atoms with Gasteiger partial charge in [0.15, 0.2) is 0 Å². The van der Waals surface area contributed by atoms with Gasteiger partial charge in [0.2, 0.25) is 5.91 Å². The van der Waals surface area contributed by atoms with Crippen molar-refractivity contribution in [3.05, 3.63) is 10.6 Å². The summed E-state index contributed by atoms with van der Waals surface area (Å²) in [5, 5.41) is 3.94. The molecule has 0 N–H and O–H groups in total. The fourth-order valence-corrected chi connectivity index (χ4v) is 2.71. The number of ether oxygens (including phenoxy) is 2. The number of likely N-dealkylation sites (N-methyl/N-ethyl adjacent to an activating group) is 1. The number of carbonyl (C=O) groups is 1. The molecule has 0 radical (unpaired) electrons. The molecule has 20 heavy (non-hydrogen) atoms.